The van der Waals surface area contributed by atoms with Crippen molar-refractivity contribution in [2.75, 3.05) is 26.2 Å². The molecule has 5 nitrogen and oxygen atoms in total. The highest BCUT2D eigenvalue weighted by atomic mass is 79.9. The molecule has 0 unspecified atom stereocenters. The molecule has 1 saturated heterocycles. The fourth-order valence-electron chi connectivity index (χ4n) is 2.60. The van der Waals surface area contributed by atoms with Crippen molar-refractivity contribution in [1.29, 1.82) is 0 Å². The van der Waals surface area contributed by atoms with E-state index in [4.69, 9.17) is 0 Å². The van der Waals surface area contributed by atoms with Crippen LogP contribution in [0, 0.1) is 0 Å². The molecule has 0 saturated carbocycles. The van der Waals surface area contributed by atoms with Crippen molar-refractivity contribution in [1.82, 2.24) is 14.2 Å². The number of halogens is 1. The van der Waals surface area contributed by atoms with Gasteiger partial charge in [-0.3, -0.25) is 9.88 Å². The molecule has 7 heteroatoms. The summed E-state index contributed by atoms with van der Waals surface area (Å²) in [5.41, 5.74) is 1.01. The second-order valence-corrected chi connectivity index (χ2v) is 8.31. The lowest BCUT2D eigenvalue weighted by Crippen LogP contribution is -2.48. The van der Waals surface area contributed by atoms with Crippen LogP contribution in [0.15, 0.2) is 58.0 Å². The maximum absolute atomic E-state index is 12.6. The Hall–Kier alpha value is -1.28. The van der Waals surface area contributed by atoms with E-state index in [1.807, 2.05) is 18.2 Å². The molecule has 1 fully saturated rings. The van der Waals surface area contributed by atoms with E-state index in [0.29, 0.717) is 31.1 Å². The molecule has 0 N–H and O–H groups in total. The van der Waals surface area contributed by atoms with E-state index in [2.05, 4.69) is 25.8 Å². The van der Waals surface area contributed by atoms with Gasteiger partial charge in [0.2, 0.25) is 10.0 Å². The molecule has 2 aromatic rings. The van der Waals surface area contributed by atoms with Gasteiger partial charge in [-0.2, -0.15) is 4.31 Å². The lowest BCUT2D eigenvalue weighted by Gasteiger charge is -2.33. The van der Waals surface area contributed by atoms with Crippen LogP contribution in [0.3, 0.4) is 0 Å². The smallest absolute Gasteiger partial charge is 0.243 e. The van der Waals surface area contributed by atoms with Crippen molar-refractivity contribution in [3.8, 4) is 0 Å². The van der Waals surface area contributed by atoms with Crippen molar-refractivity contribution < 1.29 is 8.42 Å². The molecule has 0 atom stereocenters. The molecule has 1 aliphatic rings. The maximum Gasteiger partial charge on any atom is 0.243 e. The quantitative estimate of drug-likeness (QED) is 0.796. The van der Waals surface area contributed by atoms with Crippen LogP contribution in [0.2, 0.25) is 0 Å². The number of pyridine rings is 1. The van der Waals surface area contributed by atoms with E-state index in [1.165, 1.54) is 0 Å². The fourth-order valence-corrected chi connectivity index (χ4v) is 4.29. The zero-order valence-electron chi connectivity index (χ0n) is 12.6. The van der Waals surface area contributed by atoms with Crippen molar-refractivity contribution in [3.05, 3.63) is 58.8 Å². The molecule has 3 rings (SSSR count). The van der Waals surface area contributed by atoms with Gasteiger partial charge in [-0.15, -0.1) is 0 Å². The van der Waals surface area contributed by atoms with Gasteiger partial charge in [0, 0.05) is 43.4 Å². The minimum atomic E-state index is -3.40. The minimum absolute atomic E-state index is 0.346. The number of benzene rings is 1. The number of rotatable bonds is 4. The van der Waals surface area contributed by atoms with E-state index < -0.39 is 10.0 Å². The number of hydrogen-bond donors (Lipinski definition) is 0. The van der Waals surface area contributed by atoms with E-state index in [1.54, 1.807) is 34.8 Å². The van der Waals surface area contributed by atoms with Crippen molar-refractivity contribution in [3.63, 3.8) is 0 Å². The highest BCUT2D eigenvalue weighted by Crippen LogP contribution is 2.20. The minimum Gasteiger partial charge on any atom is -0.295 e. The number of nitrogens with zero attached hydrogens (tertiary/aromatic N) is 3. The van der Waals surface area contributed by atoms with Crippen LogP contribution in [-0.2, 0) is 16.6 Å². The molecule has 0 aliphatic carbocycles. The first kappa shape index (κ1) is 16.6. The van der Waals surface area contributed by atoms with Gasteiger partial charge in [0.1, 0.15) is 0 Å². The molecule has 2 heterocycles. The Morgan fingerprint density at radius 1 is 1.00 bits per heavy atom. The Labute approximate surface area is 145 Å². The number of hydrogen-bond acceptors (Lipinski definition) is 4. The predicted octanol–water partition coefficient (Wildman–Crippen LogP) is 2.35. The molecule has 1 aliphatic heterocycles. The van der Waals surface area contributed by atoms with Crippen LogP contribution in [-0.4, -0.2) is 48.8 Å². The average Bonchev–Trinajstić information content (AvgIpc) is 2.57. The van der Waals surface area contributed by atoms with Gasteiger partial charge < -0.3 is 0 Å². The Bertz CT molecular complexity index is 743. The van der Waals surface area contributed by atoms with Crippen LogP contribution < -0.4 is 0 Å². The summed E-state index contributed by atoms with van der Waals surface area (Å²) in [6, 6.07) is 12.6. The van der Waals surface area contributed by atoms with E-state index in [0.717, 1.165) is 16.7 Å². The molecule has 23 heavy (non-hydrogen) atoms. The molecule has 122 valence electrons. The van der Waals surface area contributed by atoms with Crippen LogP contribution in [0.25, 0.3) is 0 Å². The molecular formula is C16H18BrN3O2S. The molecule has 1 aromatic heterocycles. The average molecular weight is 396 g/mol. The van der Waals surface area contributed by atoms with Crippen LogP contribution >= 0.6 is 15.9 Å². The van der Waals surface area contributed by atoms with Gasteiger partial charge >= 0.3 is 0 Å². The Morgan fingerprint density at radius 2 is 1.70 bits per heavy atom. The second-order valence-electron chi connectivity index (χ2n) is 5.46. The molecular weight excluding hydrogens is 378 g/mol. The highest BCUT2D eigenvalue weighted by molar-refractivity contribution is 9.10. The van der Waals surface area contributed by atoms with Crippen LogP contribution in [0.1, 0.15) is 5.69 Å². The predicted molar refractivity (Wildman–Crippen MR) is 92.4 cm³/mol. The first-order valence-electron chi connectivity index (χ1n) is 7.44. The summed E-state index contributed by atoms with van der Waals surface area (Å²) in [5.74, 6) is 0. The fraction of sp³-hybridized carbons (Fsp3) is 0.312. The number of aromatic nitrogens is 1. The topological polar surface area (TPSA) is 53.5 Å². The molecule has 0 spiro atoms. The summed E-state index contributed by atoms with van der Waals surface area (Å²) in [6.45, 7) is 3.20. The zero-order valence-corrected chi connectivity index (χ0v) is 15.0. The van der Waals surface area contributed by atoms with Crippen molar-refractivity contribution in [2.45, 2.75) is 11.4 Å². The molecule has 0 bridgehead atoms. The first-order chi connectivity index (χ1) is 11.1. The third kappa shape index (κ3) is 3.98. The first-order valence-corrected chi connectivity index (χ1v) is 9.67. The number of piperazine rings is 1. The SMILES string of the molecule is O=S(=O)(c1ccc(Br)cc1)N1CCN(Cc2ccccn2)CC1. The van der Waals surface area contributed by atoms with Gasteiger partial charge in [-0.25, -0.2) is 8.42 Å². The Morgan fingerprint density at radius 3 is 2.30 bits per heavy atom. The lowest BCUT2D eigenvalue weighted by molar-refractivity contribution is 0.180. The van der Waals surface area contributed by atoms with Crippen LogP contribution in [0.4, 0.5) is 0 Å². The van der Waals surface area contributed by atoms with Crippen LogP contribution in [0.5, 0.6) is 0 Å². The summed E-state index contributed by atoms with van der Waals surface area (Å²) in [4.78, 5) is 6.90. The summed E-state index contributed by atoms with van der Waals surface area (Å²) in [7, 11) is -3.40. The van der Waals surface area contributed by atoms with Gasteiger partial charge in [0.15, 0.2) is 0 Å². The maximum atomic E-state index is 12.6. The van der Waals surface area contributed by atoms with Gasteiger partial charge in [-0.1, -0.05) is 22.0 Å². The lowest BCUT2D eigenvalue weighted by atomic mass is 10.3. The third-order valence-electron chi connectivity index (χ3n) is 3.89. The molecule has 1 aromatic carbocycles. The third-order valence-corrected chi connectivity index (χ3v) is 6.34. The summed E-state index contributed by atoms with van der Waals surface area (Å²) in [5, 5.41) is 0. The molecule has 0 amide bonds. The highest BCUT2D eigenvalue weighted by Gasteiger charge is 2.28. The van der Waals surface area contributed by atoms with E-state index in [-0.39, 0.29) is 0 Å². The largest absolute Gasteiger partial charge is 0.295 e. The molecule has 0 radical (unpaired) electrons. The zero-order chi connectivity index (χ0) is 16.3. The van der Waals surface area contributed by atoms with E-state index >= 15 is 0 Å². The summed E-state index contributed by atoms with van der Waals surface area (Å²) >= 11 is 3.33. The standard InChI is InChI=1S/C16H18BrN3O2S/c17-14-4-6-16(7-5-14)23(21,22)20-11-9-19(10-12-20)13-15-3-1-2-8-18-15/h1-8H,9-13H2. The van der Waals surface area contributed by atoms with Gasteiger partial charge in [0.25, 0.3) is 0 Å². The summed E-state index contributed by atoms with van der Waals surface area (Å²) < 4.78 is 27.7. The van der Waals surface area contributed by atoms with Crippen molar-refractivity contribution in [2.24, 2.45) is 0 Å². The Balaban J connectivity index is 1.63. The normalized spacial score (nSPS) is 17.3. The van der Waals surface area contributed by atoms with Gasteiger partial charge in [0.05, 0.1) is 10.6 Å². The van der Waals surface area contributed by atoms with E-state index in [9.17, 15) is 8.42 Å². The monoisotopic (exact) mass is 395 g/mol. The number of sulfonamides is 1. The second kappa shape index (κ2) is 7.09. The Kier molecular flexibility index (Phi) is 5.11. The van der Waals surface area contributed by atoms with Gasteiger partial charge in [-0.05, 0) is 36.4 Å². The van der Waals surface area contributed by atoms with Crippen molar-refractivity contribution >= 4 is 26.0 Å². The summed E-state index contributed by atoms with van der Waals surface area (Å²) in [6.07, 6.45) is 1.78.